The number of amides is 1. The highest BCUT2D eigenvalue weighted by Gasteiger charge is 2.20. The number of aromatic nitrogens is 2. The molecule has 0 atom stereocenters. The van der Waals surface area contributed by atoms with Gasteiger partial charge in [0.15, 0.2) is 0 Å². The van der Waals surface area contributed by atoms with Gasteiger partial charge in [0.25, 0.3) is 5.91 Å². The standard InChI is InChI=1S/C21H23N3O4/c1-5-17-20(22-21(25)13-7-6-8-14(11-13)26-2)19(24-23-17)16-10-9-15(27-3)12-18(16)28-4/h6-12H,5H2,1-4H3,(H,22,25)(H,23,24). The van der Waals surface area contributed by atoms with E-state index in [9.17, 15) is 4.79 Å². The number of nitrogens with one attached hydrogen (secondary N) is 2. The molecule has 0 aliphatic heterocycles. The summed E-state index contributed by atoms with van der Waals surface area (Å²) in [6.45, 7) is 1.99. The van der Waals surface area contributed by atoms with Gasteiger partial charge in [0.1, 0.15) is 22.9 Å². The first kappa shape index (κ1) is 19.3. The second-order valence-electron chi connectivity index (χ2n) is 6.03. The van der Waals surface area contributed by atoms with Gasteiger partial charge in [0.05, 0.1) is 32.7 Å². The van der Waals surface area contributed by atoms with Crippen LogP contribution in [-0.2, 0) is 6.42 Å². The third-order valence-corrected chi connectivity index (χ3v) is 4.43. The first-order valence-corrected chi connectivity index (χ1v) is 8.86. The molecule has 1 aromatic heterocycles. The Labute approximate surface area is 163 Å². The Bertz CT molecular complexity index is 982. The zero-order valence-corrected chi connectivity index (χ0v) is 16.3. The van der Waals surface area contributed by atoms with Crippen molar-refractivity contribution >= 4 is 11.6 Å². The monoisotopic (exact) mass is 381 g/mol. The molecule has 2 N–H and O–H groups in total. The molecule has 0 fully saturated rings. The molecular weight excluding hydrogens is 358 g/mol. The van der Waals surface area contributed by atoms with Crippen molar-refractivity contribution in [1.29, 1.82) is 0 Å². The maximum Gasteiger partial charge on any atom is 0.255 e. The summed E-state index contributed by atoms with van der Waals surface area (Å²) >= 11 is 0. The van der Waals surface area contributed by atoms with Crippen LogP contribution in [0.1, 0.15) is 23.0 Å². The van der Waals surface area contributed by atoms with Crippen LogP contribution in [0.2, 0.25) is 0 Å². The summed E-state index contributed by atoms with van der Waals surface area (Å²) in [5.41, 5.74) is 3.30. The molecule has 0 spiro atoms. The molecule has 0 radical (unpaired) electrons. The Morgan fingerprint density at radius 3 is 2.46 bits per heavy atom. The maximum absolute atomic E-state index is 12.8. The quantitative estimate of drug-likeness (QED) is 0.648. The summed E-state index contributed by atoms with van der Waals surface area (Å²) in [5, 5.41) is 10.4. The molecule has 7 heteroatoms. The van der Waals surface area contributed by atoms with Crippen molar-refractivity contribution in [2.45, 2.75) is 13.3 Å². The minimum Gasteiger partial charge on any atom is -0.497 e. The van der Waals surface area contributed by atoms with Gasteiger partial charge in [-0.15, -0.1) is 0 Å². The molecule has 0 saturated heterocycles. The van der Waals surface area contributed by atoms with Gasteiger partial charge in [-0.05, 0) is 36.8 Å². The van der Waals surface area contributed by atoms with Crippen LogP contribution in [0.4, 0.5) is 5.69 Å². The number of benzene rings is 2. The second kappa shape index (κ2) is 8.47. The number of aryl methyl sites for hydroxylation is 1. The number of H-pyrrole nitrogens is 1. The van der Waals surface area contributed by atoms with E-state index in [2.05, 4.69) is 15.5 Å². The van der Waals surface area contributed by atoms with E-state index in [-0.39, 0.29) is 5.91 Å². The number of aromatic amines is 1. The highest BCUT2D eigenvalue weighted by molar-refractivity contribution is 6.06. The lowest BCUT2D eigenvalue weighted by Gasteiger charge is -2.12. The first-order chi connectivity index (χ1) is 13.6. The summed E-state index contributed by atoms with van der Waals surface area (Å²) in [7, 11) is 4.74. The zero-order valence-electron chi connectivity index (χ0n) is 16.3. The fourth-order valence-electron chi connectivity index (χ4n) is 2.91. The number of carbonyl (C=O) groups excluding carboxylic acids is 1. The fourth-order valence-corrected chi connectivity index (χ4v) is 2.91. The van der Waals surface area contributed by atoms with E-state index >= 15 is 0 Å². The molecule has 1 amide bonds. The summed E-state index contributed by atoms with van der Waals surface area (Å²) in [6.07, 6.45) is 0.680. The summed E-state index contributed by atoms with van der Waals surface area (Å²) < 4.78 is 16.0. The Balaban J connectivity index is 2.00. The lowest BCUT2D eigenvalue weighted by atomic mass is 10.1. The third kappa shape index (κ3) is 3.78. The van der Waals surface area contributed by atoms with Crippen molar-refractivity contribution in [3.8, 4) is 28.5 Å². The van der Waals surface area contributed by atoms with E-state index < -0.39 is 0 Å². The van der Waals surface area contributed by atoms with E-state index in [1.165, 1.54) is 0 Å². The predicted molar refractivity (Wildman–Crippen MR) is 107 cm³/mol. The van der Waals surface area contributed by atoms with Crippen LogP contribution in [0.5, 0.6) is 17.2 Å². The minimum absolute atomic E-state index is 0.247. The van der Waals surface area contributed by atoms with Crippen LogP contribution in [0, 0.1) is 0 Å². The third-order valence-electron chi connectivity index (χ3n) is 4.43. The molecule has 0 aliphatic carbocycles. The molecule has 3 rings (SSSR count). The number of ether oxygens (including phenoxy) is 3. The van der Waals surface area contributed by atoms with Gasteiger partial charge in [-0.1, -0.05) is 13.0 Å². The smallest absolute Gasteiger partial charge is 0.255 e. The van der Waals surface area contributed by atoms with E-state index in [0.29, 0.717) is 40.6 Å². The van der Waals surface area contributed by atoms with Gasteiger partial charge in [0, 0.05) is 17.2 Å². The van der Waals surface area contributed by atoms with Gasteiger partial charge >= 0.3 is 0 Å². The number of carbonyl (C=O) groups is 1. The Morgan fingerprint density at radius 1 is 1.04 bits per heavy atom. The van der Waals surface area contributed by atoms with Crippen molar-refractivity contribution in [3.63, 3.8) is 0 Å². The normalized spacial score (nSPS) is 10.4. The maximum atomic E-state index is 12.8. The van der Waals surface area contributed by atoms with Crippen LogP contribution in [-0.4, -0.2) is 37.4 Å². The van der Waals surface area contributed by atoms with Crippen molar-refractivity contribution < 1.29 is 19.0 Å². The molecule has 146 valence electrons. The number of nitrogens with zero attached hydrogens (tertiary/aromatic N) is 1. The van der Waals surface area contributed by atoms with Crippen LogP contribution in [0.3, 0.4) is 0 Å². The lowest BCUT2D eigenvalue weighted by molar-refractivity contribution is 0.102. The SMILES string of the molecule is CCc1[nH]nc(-c2ccc(OC)cc2OC)c1NC(=O)c1cccc(OC)c1. The average molecular weight is 381 g/mol. The molecular formula is C21H23N3O4. The highest BCUT2D eigenvalue weighted by Crippen LogP contribution is 2.37. The highest BCUT2D eigenvalue weighted by atomic mass is 16.5. The van der Waals surface area contributed by atoms with Crippen molar-refractivity contribution in [2.24, 2.45) is 0 Å². The van der Waals surface area contributed by atoms with Crippen LogP contribution in [0.25, 0.3) is 11.3 Å². The molecule has 1 heterocycles. The molecule has 28 heavy (non-hydrogen) atoms. The van der Waals surface area contributed by atoms with Crippen LogP contribution < -0.4 is 19.5 Å². The van der Waals surface area contributed by atoms with Gasteiger partial charge in [-0.3, -0.25) is 9.89 Å². The lowest BCUT2D eigenvalue weighted by Crippen LogP contribution is -2.13. The van der Waals surface area contributed by atoms with Gasteiger partial charge in [-0.2, -0.15) is 5.10 Å². The molecule has 2 aromatic carbocycles. The molecule has 3 aromatic rings. The minimum atomic E-state index is -0.247. The number of methoxy groups -OCH3 is 3. The topological polar surface area (TPSA) is 85.5 Å². The zero-order chi connectivity index (χ0) is 20.1. The largest absolute Gasteiger partial charge is 0.497 e. The molecule has 0 saturated carbocycles. The van der Waals surface area contributed by atoms with Crippen molar-refractivity contribution in [2.75, 3.05) is 26.6 Å². The fraction of sp³-hybridized carbons (Fsp3) is 0.238. The van der Waals surface area contributed by atoms with E-state index in [1.807, 2.05) is 19.1 Å². The van der Waals surface area contributed by atoms with Gasteiger partial charge in [-0.25, -0.2) is 0 Å². The number of hydrogen-bond donors (Lipinski definition) is 2. The average Bonchev–Trinajstić information content (AvgIpc) is 3.15. The number of hydrogen-bond acceptors (Lipinski definition) is 5. The molecule has 0 unspecified atom stereocenters. The Hall–Kier alpha value is -3.48. The van der Waals surface area contributed by atoms with Crippen molar-refractivity contribution in [1.82, 2.24) is 10.2 Å². The molecule has 0 aliphatic rings. The summed E-state index contributed by atoms with van der Waals surface area (Å²) in [5.74, 6) is 1.65. The Kier molecular flexibility index (Phi) is 5.84. The summed E-state index contributed by atoms with van der Waals surface area (Å²) in [6, 6.07) is 12.5. The second-order valence-corrected chi connectivity index (χ2v) is 6.03. The predicted octanol–water partition coefficient (Wildman–Crippen LogP) is 3.92. The molecule has 7 nitrogen and oxygen atoms in total. The van der Waals surface area contributed by atoms with E-state index in [4.69, 9.17) is 14.2 Å². The van der Waals surface area contributed by atoms with Gasteiger partial charge < -0.3 is 19.5 Å². The number of anilines is 1. The van der Waals surface area contributed by atoms with Crippen LogP contribution >= 0.6 is 0 Å². The van der Waals surface area contributed by atoms with E-state index in [0.717, 1.165) is 11.3 Å². The first-order valence-electron chi connectivity index (χ1n) is 8.86. The van der Waals surface area contributed by atoms with Crippen molar-refractivity contribution in [3.05, 3.63) is 53.7 Å². The Morgan fingerprint density at radius 2 is 1.79 bits per heavy atom. The van der Waals surface area contributed by atoms with E-state index in [1.54, 1.807) is 51.7 Å². The van der Waals surface area contributed by atoms with Gasteiger partial charge in [0.2, 0.25) is 0 Å². The molecule has 0 bridgehead atoms. The summed E-state index contributed by atoms with van der Waals surface area (Å²) in [4.78, 5) is 12.8. The number of rotatable bonds is 7. The van der Waals surface area contributed by atoms with Crippen LogP contribution in [0.15, 0.2) is 42.5 Å².